The molecule has 62 valence electrons. The summed E-state index contributed by atoms with van der Waals surface area (Å²) in [4.78, 5) is 0. The zero-order valence-corrected chi connectivity index (χ0v) is 6.03. The van der Waals surface area contributed by atoms with Crippen LogP contribution < -0.4 is 0 Å². The lowest BCUT2D eigenvalue weighted by Crippen LogP contribution is -2.24. The summed E-state index contributed by atoms with van der Waals surface area (Å²) in [5, 5.41) is 26.1. The summed E-state index contributed by atoms with van der Waals surface area (Å²) in [6, 6.07) is 0. The standard InChI is InChI=1S/C6H14O4/c1-10-4-6(9)2-5(8)3-7/h5-9H,2-4H2,1H3. The molecule has 0 amide bonds. The van der Waals surface area contributed by atoms with Gasteiger partial charge in [0.25, 0.3) is 0 Å². The molecule has 0 aliphatic heterocycles. The smallest absolute Gasteiger partial charge is 0.0799 e. The fraction of sp³-hybridized carbons (Fsp3) is 1.00. The van der Waals surface area contributed by atoms with Crippen LogP contribution in [0.25, 0.3) is 0 Å². The molecule has 0 aromatic rings. The third kappa shape index (κ3) is 4.69. The van der Waals surface area contributed by atoms with Gasteiger partial charge in [-0.05, 0) is 0 Å². The second-order valence-corrected chi connectivity index (χ2v) is 2.18. The molecule has 10 heavy (non-hydrogen) atoms. The number of aliphatic hydroxyl groups excluding tert-OH is 3. The van der Waals surface area contributed by atoms with Gasteiger partial charge in [0.15, 0.2) is 0 Å². The third-order valence-electron chi connectivity index (χ3n) is 1.11. The Bertz CT molecular complexity index is 76.1. The first-order chi connectivity index (χ1) is 4.70. The van der Waals surface area contributed by atoms with Crippen molar-refractivity contribution in [3.8, 4) is 0 Å². The molecule has 0 radical (unpaired) electrons. The fourth-order valence-corrected chi connectivity index (χ4v) is 0.649. The Morgan fingerprint density at radius 1 is 1.30 bits per heavy atom. The molecule has 0 aromatic carbocycles. The van der Waals surface area contributed by atoms with Crippen molar-refractivity contribution >= 4 is 0 Å². The first-order valence-corrected chi connectivity index (χ1v) is 3.16. The average Bonchev–Trinajstić information content (AvgIpc) is 1.88. The van der Waals surface area contributed by atoms with E-state index in [1.807, 2.05) is 0 Å². The summed E-state index contributed by atoms with van der Waals surface area (Å²) in [6.07, 6.45) is -1.37. The molecule has 0 fully saturated rings. The maximum Gasteiger partial charge on any atom is 0.0799 e. The van der Waals surface area contributed by atoms with Crippen LogP contribution in [0.15, 0.2) is 0 Å². The van der Waals surface area contributed by atoms with Crippen molar-refractivity contribution in [3.63, 3.8) is 0 Å². The normalized spacial score (nSPS) is 16.8. The van der Waals surface area contributed by atoms with E-state index in [1.165, 1.54) is 7.11 Å². The molecule has 0 aromatic heterocycles. The first-order valence-electron chi connectivity index (χ1n) is 3.16. The Hall–Kier alpha value is -0.160. The number of hydrogen-bond acceptors (Lipinski definition) is 4. The Labute approximate surface area is 60.1 Å². The van der Waals surface area contributed by atoms with E-state index in [0.29, 0.717) is 0 Å². The lowest BCUT2D eigenvalue weighted by molar-refractivity contribution is 0.00687. The maximum absolute atomic E-state index is 8.95. The highest BCUT2D eigenvalue weighted by Gasteiger charge is 2.09. The zero-order valence-electron chi connectivity index (χ0n) is 6.03. The summed E-state index contributed by atoms with van der Waals surface area (Å²) in [5.41, 5.74) is 0. The second-order valence-electron chi connectivity index (χ2n) is 2.18. The van der Waals surface area contributed by atoms with Crippen molar-refractivity contribution < 1.29 is 20.1 Å². The summed E-state index contributed by atoms with van der Waals surface area (Å²) < 4.78 is 4.61. The Balaban J connectivity index is 3.27. The van der Waals surface area contributed by atoms with Gasteiger partial charge in [0.2, 0.25) is 0 Å². The van der Waals surface area contributed by atoms with Gasteiger partial charge in [-0.15, -0.1) is 0 Å². The molecule has 2 atom stereocenters. The van der Waals surface area contributed by atoms with Crippen LogP contribution >= 0.6 is 0 Å². The molecule has 0 aliphatic rings. The molecule has 0 aliphatic carbocycles. The highest BCUT2D eigenvalue weighted by Crippen LogP contribution is 1.97. The van der Waals surface area contributed by atoms with Crippen molar-refractivity contribution in [2.75, 3.05) is 20.3 Å². The molecule has 0 rings (SSSR count). The SMILES string of the molecule is COCC(O)CC(O)CO. The van der Waals surface area contributed by atoms with E-state index in [-0.39, 0.29) is 19.6 Å². The summed E-state index contributed by atoms with van der Waals surface area (Å²) in [6.45, 7) is -0.127. The van der Waals surface area contributed by atoms with E-state index in [1.54, 1.807) is 0 Å². The average molecular weight is 150 g/mol. The van der Waals surface area contributed by atoms with Gasteiger partial charge in [0.05, 0.1) is 25.4 Å². The van der Waals surface area contributed by atoms with Crippen molar-refractivity contribution in [2.24, 2.45) is 0 Å². The molecule has 4 heteroatoms. The number of rotatable bonds is 5. The van der Waals surface area contributed by atoms with Gasteiger partial charge < -0.3 is 20.1 Å². The van der Waals surface area contributed by atoms with Crippen molar-refractivity contribution in [1.29, 1.82) is 0 Å². The quantitative estimate of drug-likeness (QED) is 0.457. The van der Waals surface area contributed by atoms with Crippen LogP contribution in [0.3, 0.4) is 0 Å². The topological polar surface area (TPSA) is 69.9 Å². The van der Waals surface area contributed by atoms with Crippen LogP contribution in [0, 0.1) is 0 Å². The summed E-state index contributed by atoms with van der Waals surface area (Å²) >= 11 is 0. The predicted octanol–water partition coefficient (Wildman–Crippen LogP) is -1.26. The van der Waals surface area contributed by atoms with E-state index < -0.39 is 12.2 Å². The van der Waals surface area contributed by atoms with Crippen LogP contribution in [-0.4, -0.2) is 47.9 Å². The first kappa shape index (κ1) is 9.84. The molecule has 0 spiro atoms. The van der Waals surface area contributed by atoms with Crippen molar-refractivity contribution in [1.82, 2.24) is 0 Å². The lowest BCUT2D eigenvalue weighted by Gasteiger charge is -2.11. The Morgan fingerprint density at radius 3 is 2.30 bits per heavy atom. The van der Waals surface area contributed by atoms with Crippen molar-refractivity contribution in [3.05, 3.63) is 0 Å². The van der Waals surface area contributed by atoms with Crippen LogP contribution in [0.2, 0.25) is 0 Å². The Kier molecular flexibility index (Phi) is 5.52. The van der Waals surface area contributed by atoms with Crippen LogP contribution in [0.4, 0.5) is 0 Å². The number of hydrogen-bond donors (Lipinski definition) is 3. The van der Waals surface area contributed by atoms with E-state index in [0.717, 1.165) is 0 Å². The zero-order chi connectivity index (χ0) is 7.98. The summed E-state index contributed by atoms with van der Waals surface area (Å²) in [7, 11) is 1.47. The third-order valence-corrected chi connectivity index (χ3v) is 1.11. The fourth-order valence-electron chi connectivity index (χ4n) is 0.649. The summed E-state index contributed by atoms with van der Waals surface area (Å²) in [5.74, 6) is 0. The van der Waals surface area contributed by atoms with Crippen LogP contribution in [0.5, 0.6) is 0 Å². The van der Waals surface area contributed by atoms with E-state index in [9.17, 15) is 0 Å². The lowest BCUT2D eigenvalue weighted by atomic mass is 10.2. The minimum absolute atomic E-state index is 0.157. The minimum Gasteiger partial charge on any atom is -0.394 e. The van der Waals surface area contributed by atoms with Gasteiger partial charge in [0.1, 0.15) is 0 Å². The van der Waals surface area contributed by atoms with Gasteiger partial charge in [-0.25, -0.2) is 0 Å². The molecule has 0 saturated heterocycles. The highest BCUT2D eigenvalue weighted by molar-refractivity contribution is 4.60. The Morgan fingerprint density at radius 2 is 1.90 bits per heavy atom. The van der Waals surface area contributed by atoms with Crippen molar-refractivity contribution in [2.45, 2.75) is 18.6 Å². The largest absolute Gasteiger partial charge is 0.394 e. The van der Waals surface area contributed by atoms with Gasteiger partial charge in [-0.2, -0.15) is 0 Å². The maximum atomic E-state index is 8.95. The molecule has 0 heterocycles. The molecular formula is C6H14O4. The monoisotopic (exact) mass is 150 g/mol. The number of methoxy groups -OCH3 is 1. The van der Waals surface area contributed by atoms with Gasteiger partial charge in [0, 0.05) is 13.5 Å². The minimum atomic E-state index is -0.842. The highest BCUT2D eigenvalue weighted by atomic mass is 16.5. The van der Waals surface area contributed by atoms with Crippen LogP contribution in [0.1, 0.15) is 6.42 Å². The molecule has 3 N–H and O–H groups in total. The molecule has 0 bridgehead atoms. The van der Waals surface area contributed by atoms with E-state index in [2.05, 4.69) is 4.74 Å². The number of aliphatic hydroxyl groups is 3. The van der Waals surface area contributed by atoms with E-state index in [4.69, 9.17) is 15.3 Å². The van der Waals surface area contributed by atoms with Gasteiger partial charge >= 0.3 is 0 Å². The molecular weight excluding hydrogens is 136 g/mol. The molecule has 2 unspecified atom stereocenters. The molecule has 4 nitrogen and oxygen atoms in total. The van der Waals surface area contributed by atoms with Crippen LogP contribution in [-0.2, 0) is 4.74 Å². The second kappa shape index (κ2) is 5.61. The predicted molar refractivity (Wildman–Crippen MR) is 35.6 cm³/mol. The van der Waals surface area contributed by atoms with Gasteiger partial charge in [-0.1, -0.05) is 0 Å². The van der Waals surface area contributed by atoms with Gasteiger partial charge in [-0.3, -0.25) is 0 Å². The van der Waals surface area contributed by atoms with E-state index >= 15 is 0 Å². The molecule has 0 saturated carbocycles. The number of ether oxygens (including phenoxy) is 1.